The summed E-state index contributed by atoms with van der Waals surface area (Å²) in [5.41, 5.74) is 3.45. The van der Waals surface area contributed by atoms with Crippen LogP contribution in [0.1, 0.15) is 24.3 Å². The van der Waals surface area contributed by atoms with Crippen LogP contribution in [0.5, 0.6) is 0 Å². The highest BCUT2D eigenvalue weighted by Crippen LogP contribution is 2.41. The lowest BCUT2D eigenvalue weighted by atomic mass is 10.1. The third-order valence-electron chi connectivity index (χ3n) is 2.86. The van der Waals surface area contributed by atoms with Gasteiger partial charge in [0.1, 0.15) is 0 Å². The Labute approximate surface area is 103 Å². The lowest BCUT2D eigenvalue weighted by Crippen LogP contribution is -1.89. The monoisotopic (exact) mass is 274 g/mol. The first-order valence-corrected chi connectivity index (χ1v) is 6.20. The fourth-order valence-corrected chi connectivity index (χ4v) is 2.41. The Morgan fingerprint density at radius 1 is 1.19 bits per heavy atom. The van der Waals surface area contributed by atoms with Gasteiger partial charge in [-0.3, -0.25) is 9.97 Å². The maximum atomic E-state index is 4.54. The molecule has 16 heavy (non-hydrogen) atoms. The van der Waals surface area contributed by atoms with Gasteiger partial charge in [-0.05, 0) is 58.5 Å². The van der Waals surface area contributed by atoms with Gasteiger partial charge in [-0.15, -0.1) is 0 Å². The highest BCUT2D eigenvalue weighted by molar-refractivity contribution is 9.10. The molecule has 0 spiro atoms. The van der Waals surface area contributed by atoms with E-state index in [4.69, 9.17) is 0 Å². The molecular formula is C13H11BrN2. The number of aromatic nitrogens is 2. The van der Waals surface area contributed by atoms with Crippen molar-refractivity contribution in [2.75, 3.05) is 0 Å². The smallest absolute Gasteiger partial charge is 0.0845 e. The van der Waals surface area contributed by atoms with Crippen molar-refractivity contribution in [2.24, 2.45) is 0 Å². The van der Waals surface area contributed by atoms with Crippen molar-refractivity contribution in [3.05, 3.63) is 46.8 Å². The van der Waals surface area contributed by atoms with Gasteiger partial charge in [-0.2, -0.15) is 0 Å². The molecule has 0 aliphatic heterocycles. The van der Waals surface area contributed by atoms with E-state index in [1.165, 1.54) is 18.4 Å². The standard InChI is InChI=1S/C13H11BrN2/c14-12-7-11(9-1-2-9)8-16-13(12)10-3-5-15-6-4-10/h3-9H,1-2H2. The van der Waals surface area contributed by atoms with Crippen LogP contribution in [0.25, 0.3) is 11.3 Å². The van der Waals surface area contributed by atoms with Crippen LogP contribution in [0, 0.1) is 0 Å². The van der Waals surface area contributed by atoms with Crippen LogP contribution in [-0.2, 0) is 0 Å². The van der Waals surface area contributed by atoms with Crippen LogP contribution in [-0.4, -0.2) is 9.97 Å². The van der Waals surface area contributed by atoms with Gasteiger partial charge >= 0.3 is 0 Å². The van der Waals surface area contributed by atoms with E-state index in [0.29, 0.717) is 0 Å². The van der Waals surface area contributed by atoms with E-state index in [-0.39, 0.29) is 0 Å². The molecule has 3 rings (SSSR count). The average Bonchev–Trinajstić information content (AvgIpc) is 3.14. The lowest BCUT2D eigenvalue weighted by molar-refractivity contribution is 1.09. The van der Waals surface area contributed by atoms with Gasteiger partial charge in [0, 0.05) is 28.6 Å². The van der Waals surface area contributed by atoms with Crippen LogP contribution in [0.15, 0.2) is 41.3 Å². The third kappa shape index (κ3) is 1.87. The summed E-state index contributed by atoms with van der Waals surface area (Å²) in [5.74, 6) is 0.746. The fourth-order valence-electron chi connectivity index (χ4n) is 1.81. The van der Waals surface area contributed by atoms with E-state index in [9.17, 15) is 0 Å². The highest BCUT2D eigenvalue weighted by atomic mass is 79.9. The predicted octanol–water partition coefficient (Wildman–Crippen LogP) is 3.78. The molecule has 0 atom stereocenters. The Balaban J connectivity index is 2.02. The molecule has 0 saturated heterocycles. The normalized spacial score (nSPS) is 15.1. The summed E-state index contributed by atoms with van der Waals surface area (Å²) < 4.78 is 1.07. The van der Waals surface area contributed by atoms with E-state index in [2.05, 4.69) is 32.0 Å². The minimum atomic E-state index is 0.746. The molecule has 1 fully saturated rings. The second-order valence-corrected chi connectivity index (χ2v) is 4.96. The molecule has 2 aromatic rings. The first-order chi connectivity index (χ1) is 7.84. The Morgan fingerprint density at radius 3 is 2.56 bits per heavy atom. The molecule has 0 N–H and O–H groups in total. The Morgan fingerprint density at radius 2 is 1.94 bits per heavy atom. The molecule has 1 saturated carbocycles. The molecular weight excluding hydrogens is 264 g/mol. The molecule has 80 valence electrons. The molecule has 0 aromatic carbocycles. The van der Waals surface area contributed by atoms with E-state index < -0.39 is 0 Å². The number of hydrogen-bond acceptors (Lipinski definition) is 2. The minimum Gasteiger partial charge on any atom is -0.265 e. The summed E-state index contributed by atoms with van der Waals surface area (Å²) in [4.78, 5) is 8.55. The number of rotatable bonds is 2. The topological polar surface area (TPSA) is 25.8 Å². The Hall–Kier alpha value is -1.22. The fraction of sp³-hybridized carbons (Fsp3) is 0.231. The maximum absolute atomic E-state index is 4.54. The van der Waals surface area contributed by atoms with Gasteiger partial charge in [0.2, 0.25) is 0 Å². The van der Waals surface area contributed by atoms with Crippen molar-refractivity contribution in [1.82, 2.24) is 9.97 Å². The number of halogens is 1. The third-order valence-corrected chi connectivity index (χ3v) is 3.47. The molecule has 3 heteroatoms. The summed E-state index contributed by atoms with van der Waals surface area (Å²) >= 11 is 3.60. The molecule has 1 aliphatic carbocycles. The van der Waals surface area contributed by atoms with Crippen LogP contribution in [0.4, 0.5) is 0 Å². The first-order valence-electron chi connectivity index (χ1n) is 5.40. The first kappa shape index (κ1) is 9.97. The zero-order valence-electron chi connectivity index (χ0n) is 8.73. The maximum Gasteiger partial charge on any atom is 0.0845 e. The molecule has 2 heterocycles. The second-order valence-electron chi connectivity index (χ2n) is 4.11. The van der Waals surface area contributed by atoms with Gasteiger partial charge in [0.25, 0.3) is 0 Å². The van der Waals surface area contributed by atoms with Crippen molar-refractivity contribution < 1.29 is 0 Å². The van der Waals surface area contributed by atoms with Crippen molar-refractivity contribution in [2.45, 2.75) is 18.8 Å². The van der Waals surface area contributed by atoms with Gasteiger partial charge in [-0.25, -0.2) is 0 Å². The summed E-state index contributed by atoms with van der Waals surface area (Å²) in [7, 11) is 0. The van der Waals surface area contributed by atoms with Crippen LogP contribution >= 0.6 is 15.9 Å². The largest absolute Gasteiger partial charge is 0.265 e. The second kappa shape index (κ2) is 3.98. The van der Waals surface area contributed by atoms with Crippen LogP contribution in [0.3, 0.4) is 0 Å². The summed E-state index contributed by atoms with van der Waals surface area (Å²) in [6.45, 7) is 0. The van der Waals surface area contributed by atoms with E-state index in [1.807, 2.05) is 18.3 Å². The molecule has 0 unspecified atom stereocenters. The zero-order chi connectivity index (χ0) is 11.0. The molecule has 0 radical (unpaired) electrons. The molecule has 0 amide bonds. The summed E-state index contributed by atoms with van der Waals surface area (Å²) in [6.07, 6.45) is 8.19. The van der Waals surface area contributed by atoms with Gasteiger partial charge < -0.3 is 0 Å². The van der Waals surface area contributed by atoms with Crippen LogP contribution < -0.4 is 0 Å². The van der Waals surface area contributed by atoms with Crippen LogP contribution in [0.2, 0.25) is 0 Å². The average molecular weight is 275 g/mol. The van der Waals surface area contributed by atoms with E-state index in [0.717, 1.165) is 21.6 Å². The zero-order valence-corrected chi connectivity index (χ0v) is 10.3. The number of hydrogen-bond donors (Lipinski definition) is 0. The van der Waals surface area contributed by atoms with Crippen molar-refractivity contribution >= 4 is 15.9 Å². The summed E-state index contributed by atoms with van der Waals surface area (Å²) in [6, 6.07) is 6.15. The van der Waals surface area contributed by atoms with Crippen molar-refractivity contribution in [1.29, 1.82) is 0 Å². The summed E-state index contributed by atoms with van der Waals surface area (Å²) in [5, 5.41) is 0. The molecule has 2 nitrogen and oxygen atoms in total. The van der Waals surface area contributed by atoms with Crippen molar-refractivity contribution in [3.8, 4) is 11.3 Å². The van der Waals surface area contributed by atoms with E-state index >= 15 is 0 Å². The Kier molecular flexibility index (Phi) is 2.48. The lowest BCUT2D eigenvalue weighted by Gasteiger charge is -2.05. The number of pyridine rings is 2. The predicted molar refractivity (Wildman–Crippen MR) is 67.1 cm³/mol. The van der Waals surface area contributed by atoms with Crippen molar-refractivity contribution in [3.63, 3.8) is 0 Å². The number of nitrogens with zero attached hydrogens (tertiary/aromatic N) is 2. The van der Waals surface area contributed by atoms with Gasteiger partial charge in [0.15, 0.2) is 0 Å². The molecule has 0 bridgehead atoms. The minimum absolute atomic E-state index is 0.746. The van der Waals surface area contributed by atoms with Gasteiger partial charge in [-0.1, -0.05) is 0 Å². The molecule has 1 aliphatic rings. The highest BCUT2D eigenvalue weighted by Gasteiger charge is 2.24. The quantitative estimate of drug-likeness (QED) is 0.833. The van der Waals surface area contributed by atoms with E-state index in [1.54, 1.807) is 12.4 Å². The molecule has 2 aromatic heterocycles. The van der Waals surface area contributed by atoms with Gasteiger partial charge in [0.05, 0.1) is 5.69 Å². The Bertz CT molecular complexity index is 507. The SMILES string of the molecule is Brc1cc(C2CC2)cnc1-c1ccncc1.